The number of aromatic nitrogens is 3. The van der Waals surface area contributed by atoms with Crippen molar-refractivity contribution in [2.75, 3.05) is 0 Å². The van der Waals surface area contributed by atoms with Gasteiger partial charge in [0.1, 0.15) is 5.69 Å². The van der Waals surface area contributed by atoms with Gasteiger partial charge in [-0.2, -0.15) is 0 Å². The minimum atomic E-state index is -0.565. The van der Waals surface area contributed by atoms with Gasteiger partial charge in [0.25, 0.3) is 11.8 Å². The quantitative estimate of drug-likeness (QED) is 0.505. The van der Waals surface area contributed by atoms with Crippen molar-refractivity contribution in [3.63, 3.8) is 0 Å². The molecular weight excluding hydrogens is 398 g/mol. The highest BCUT2D eigenvalue weighted by atomic mass is 35.5. The van der Waals surface area contributed by atoms with Crippen LogP contribution in [-0.2, 0) is 0 Å². The second-order valence-electron chi connectivity index (χ2n) is 5.67. The lowest BCUT2D eigenvalue weighted by atomic mass is 10.1. The van der Waals surface area contributed by atoms with Gasteiger partial charge in [0, 0.05) is 17.8 Å². The number of hydrogen-bond donors (Lipinski definition) is 2. The molecular formula is C19H12ClN5O2S. The molecule has 0 atom stereocenters. The summed E-state index contributed by atoms with van der Waals surface area (Å²) in [6.07, 6.45) is 4.16. The van der Waals surface area contributed by atoms with Crippen molar-refractivity contribution in [1.82, 2.24) is 25.8 Å². The van der Waals surface area contributed by atoms with Crippen LogP contribution in [0.15, 0.2) is 61.1 Å². The predicted octanol–water partition coefficient (Wildman–Crippen LogP) is 3.48. The van der Waals surface area contributed by atoms with E-state index in [1.165, 1.54) is 29.9 Å². The summed E-state index contributed by atoms with van der Waals surface area (Å²) in [5.74, 6) is -1.04. The zero-order valence-electron chi connectivity index (χ0n) is 14.2. The Morgan fingerprint density at radius 3 is 2.57 bits per heavy atom. The zero-order chi connectivity index (χ0) is 19.5. The van der Waals surface area contributed by atoms with Gasteiger partial charge in [-0.3, -0.25) is 25.4 Å². The number of carbonyl (C=O) groups is 2. The molecule has 1 aromatic carbocycles. The van der Waals surface area contributed by atoms with Gasteiger partial charge >= 0.3 is 0 Å². The number of para-hydroxylation sites is 1. The molecule has 0 aliphatic rings. The first-order chi connectivity index (χ1) is 13.6. The summed E-state index contributed by atoms with van der Waals surface area (Å²) in [6.45, 7) is 0. The van der Waals surface area contributed by atoms with E-state index >= 15 is 0 Å². The Labute approximate surface area is 168 Å². The molecule has 0 aliphatic heterocycles. The van der Waals surface area contributed by atoms with Crippen LogP contribution in [0.5, 0.6) is 0 Å². The topological polar surface area (TPSA) is 96.9 Å². The standard InChI is InChI=1S/C19H12ClN5O2S/c20-17-6-5-16(28-17)14-9-12(11-3-1-2-4-13(11)23-14)18(26)24-25-19(27)15-10-21-7-8-22-15/h1-10H,(H,24,26)(H,25,27). The third kappa shape index (κ3) is 3.68. The summed E-state index contributed by atoms with van der Waals surface area (Å²) in [4.78, 5) is 38.0. The first kappa shape index (κ1) is 18.0. The molecule has 2 N–H and O–H groups in total. The summed E-state index contributed by atoms with van der Waals surface area (Å²) in [7, 11) is 0. The van der Waals surface area contributed by atoms with Crippen molar-refractivity contribution in [1.29, 1.82) is 0 Å². The third-order valence-corrected chi connectivity index (χ3v) is 5.13. The Kier molecular flexibility index (Phi) is 4.96. The highest BCUT2D eigenvalue weighted by Crippen LogP contribution is 2.32. The van der Waals surface area contributed by atoms with Gasteiger partial charge < -0.3 is 0 Å². The molecule has 0 radical (unpaired) electrons. The lowest BCUT2D eigenvalue weighted by Crippen LogP contribution is -2.42. The SMILES string of the molecule is O=C(NNC(=O)c1cc(-c2ccc(Cl)s2)nc2ccccc12)c1cnccn1. The van der Waals surface area contributed by atoms with Gasteiger partial charge in [-0.15, -0.1) is 11.3 Å². The maximum absolute atomic E-state index is 12.8. The van der Waals surface area contributed by atoms with Crippen molar-refractivity contribution in [2.45, 2.75) is 0 Å². The Balaban J connectivity index is 1.65. The fourth-order valence-corrected chi connectivity index (χ4v) is 3.61. The summed E-state index contributed by atoms with van der Waals surface area (Å²) < 4.78 is 0.632. The smallest absolute Gasteiger partial charge is 0.267 e. The number of pyridine rings is 1. The van der Waals surface area contributed by atoms with Gasteiger partial charge in [0.15, 0.2) is 0 Å². The van der Waals surface area contributed by atoms with Crippen LogP contribution in [-0.4, -0.2) is 26.8 Å². The van der Waals surface area contributed by atoms with E-state index in [1.807, 2.05) is 24.3 Å². The van der Waals surface area contributed by atoms with Crippen LogP contribution in [0.25, 0.3) is 21.5 Å². The maximum atomic E-state index is 12.8. The second kappa shape index (κ2) is 7.71. The van der Waals surface area contributed by atoms with Crippen LogP contribution in [0.1, 0.15) is 20.8 Å². The first-order valence-electron chi connectivity index (χ1n) is 8.14. The van der Waals surface area contributed by atoms with Crippen LogP contribution in [0.4, 0.5) is 0 Å². The molecule has 2 amide bonds. The molecule has 0 aliphatic carbocycles. The Hall–Kier alpha value is -3.36. The fourth-order valence-electron chi connectivity index (χ4n) is 2.60. The van der Waals surface area contributed by atoms with Gasteiger partial charge in [-0.05, 0) is 24.3 Å². The average molecular weight is 410 g/mol. The minimum absolute atomic E-state index is 0.0938. The number of rotatable bonds is 3. The number of carbonyl (C=O) groups excluding carboxylic acids is 2. The molecule has 3 aromatic heterocycles. The molecule has 0 fully saturated rings. The Bertz CT molecular complexity index is 1180. The van der Waals surface area contributed by atoms with Gasteiger partial charge in [0.2, 0.25) is 0 Å². The Morgan fingerprint density at radius 2 is 1.82 bits per heavy atom. The fraction of sp³-hybridized carbons (Fsp3) is 0. The molecule has 3 heterocycles. The average Bonchev–Trinajstić information content (AvgIpc) is 3.18. The first-order valence-corrected chi connectivity index (χ1v) is 9.33. The molecule has 7 nitrogen and oxygen atoms in total. The van der Waals surface area contributed by atoms with E-state index in [1.54, 1.807) is 18.2 Å². The molecule has 28 heavy (non-hydrogen) atoms. The van der Waals surface area contributed by atoms with E-state index in [2.05, 4.69) is 25.8 Å². The number of thiophene rings is 1. The van der Waals surface area contributed by atoms with E-state index in [-0.39, 0.29) is 5.69 Å². The summed E-state index contributed by atoms with van der Waals surface area (Å²) in [6, 6.07) is 12.6. The monoisotopic (exact) mass is 409 g/mol. The number of amides is 2. The van der Waals surface area contributed by atoms with Crippen LogP contribution in [0.3, 0.4) is 0 Å². The molecule has 138 valence electrons. The van der Waals surface area contributed by atoms with E-state index in [0.717, 1.165) is 4.88 Å². The number of fused-ring (bicyclic) bond motifs is 1. The largest absolute Gasteiger partial charge is 0.289 e. The van der Waals surface area contributed by atoms with Crippen LogP contribution >= 0.6 is 22.9 Å². The van der Waals surface area contributed by atoms with Crippen molar-refractivity contribution >= 4 is 45.7 Å². The number of hydrogen-bond acceptors (Lipinski definition) is 6. The second-order valence-corrected chi connectivity index (χ2v) is 7.39. The van der Waals surface area contributed by atoms with E-state index in [9.17, 15) is 9.59 Å². The van der Waals surface area contributed by atoms with Crippen molar-refractivity contribution in [2.24, 2.45) is 0 Å². The van der Waals surface area contributed by atoms with E-state index < -0.39 is 11.8 Å². The molecule has 0 saturated carbocycles. The highest BCUT2D eigenvalue weighted by Gasteiger charge is 2.16. The predicted molar refractivity (Wildman–Crippen MR) is 107 cm³/mol. The molecule has 4 rings (SSSR count). The van der Waals surface area contributed by atoms with Gasteiger partial charge in [0.05, 0.1) is 32.2 Å². The third-order valence-electron chi connectivity index (χ3n) is 3.87. The normalized spacial score (nSPS) is 10.6. The molecule has 0 unspecified atom stereocenters. The van der Waals surface area contributed by atoms with Crippen molar-refractivity contribution in [3.05, 3.63) is 76.6 Å². The lowest BCUT2D eigenvalue weighted by Gasteiger charge is -2.10. The molecule has 4 aromatic rings. The number of nitrogens with one attached hydrogen (secondary N) is 2. The number of halogens is 1. The lowest BCUT2D eigenvalue weighted by molar-refractivity contribution is 0.0844. The van der Waals surface area contributed by atoms with Crippen LogP contribution in [0.2, 0.25) is 4.34 Å². The van der Waals surface area contributed by atoms with Crippen LogP contribution in [0, 0.1) is 0 Å². The zero-order valence-corrected chi connectivity index (χ0v) is 15.8. The van der Waals surface area contributed by atoms with E-state index in [0.29, 0.717) is 26.5 Å². The Morgan fingerprint density at radius 1 is 1.00 bits per heavy atom. The van der Waals surface area contributed by atoms with Crippen molar-refractivity contribution < 1.29 is 9.59 Å². The maximum Gasteiger partial charge on any atom is 0.289 e. The van der Waals surface area contributed by atoms with Crippen molar-refractivity contribution in [3.8, 4) is 10.6 Å². The molecule has 0 saturated heterocycles. The van der Waals surface area contributed by atoms with Crippen LogP contribution < -0.4 is 10.9 Å². The number of benzene rings is 1. The van der Waals surface area contributed by atoms with Gasteiger partial charge in [-0.25, -0.2) is 9.97 Å². The highest BCUT2D eigenvalue weighted by molar-refractivity contribution is 7.19. The molecule has 0 bridgehead atoms. The number of hydrazine groups is 1. The molecule has 9 heteroatoms. The summed E-state index contributed by atoms with van der Waals surface area (Å²) in [5.41, 5.74) is 6.52. The minimum Gasteiger partial charge on any atom is -0.267 e. The molecule has 0 spiro atoms. The van der Waals surface area contributed by atoms with Gasteiger partial charge in [-0.1, -0.05) is 29.8 Å². The summed E-state index contributed by atoms with van der Waals surface area (Å²) in [5, 5.41) is 0.667. The van der Waals surface area contributed by atoms with E-state index in [4.69, 9.17) is 11.6 Å². The summed E-state index contributed by atoms with van der Waals surface area (Å²) >= 11 is 7.40. The number of nitrogens with zero attached hydrogens (tertiary/aromatic N) is 3.